The molecule has 2 amide bonds. The Balaban J connectivity index is 1.31. The van der Waals surface area contributed by atoms with Crippen molar-refractivity contribution in [3.63, 3.8) is 0 Å². The Morgan fingerprint density at radius 1 is 1.00 bits per heavy atom. The van der Waals surface area contributed by atoms with Crippen molar-refractivity contribution in [3.05, 3.63) is 89.4 Å². The predicted molar refractivity (Wildman–Crippen MR) is 118 cm³/mol. The molecule has 2 aromatic carbocycles. The summed E-state index contributed by atoms with van der Waals surface area (Å²) in [6.07, 6.45) is 1.68. The molecule has 4 aromatic rings. The molecule has 0 saturated heterocycles. The molecule has 0 spiro atoms. The lowest BCUT2D eigenvalue weighted by Crippen LogP contribution is -2.25. The lowest BCUT2D eigenvalue weighted by atomic mass is 10.1. The molecule has 5 rings (SSSR count). The van der Waals surface area contributed by atoms with Crippen LogP contribution in [0.5, 0.6) is 11.5 Å². The van der Waals surface area contributed by atoms with Gasteiger partial charge in [0.2, 0.25) is 6.79 Å². The second kappa shape index (κ2) is 8.07. The van der Waals surface area contributed by atoms with E-state index >= 15 is 0 Å². The van der Waals surface area contributed by atoms with Crippen molar-refractivity contribution in [3.8, 4) is 11.5 Å². The zero-order chi connectivity index (χ0) is 22.1. The summed E-state index contributed by atoms with van der Waals surface area (Å²) >= 11 is 0. The number of aryl methyl sites for hydroxylation is 1. The highest BCUT2D eigenvalue weighted by Gasteiger charge is 2.17. The molecule has 0 atom stereocenters. The largest absolute Gasteiger partial charge is 0.454 e. The molecule has 160 valence electrons. The molecule has 3 heterocycles. The SMILES string of the molecule is Cc1cccc2nc(C(=O)Nc3ccccc3C(=O)NCc3ccc4c(c3)OCO4)cn12. The van der Waals surface area contributed by atoms with Gasteiger partial charge in [0.1, 0.15) is 11.3 Å². The summed E-state index contributed by atoms with van der Waals surface area (Å²) in [5.41, 5.74) is 3.58. The van der Waals surface area contributed by atoms with Gasteiger partial charge in [0, 0.05) is 18.4 Å². The molecule has 32 heavy (non-hydrogen) atoms. The molecule has 0 fully saturated rings. The molecule has 0 radical (unpaired) electrons. The van der Waals surface area contributed by atoms with Crippen LogP contribution in [0.3, 0.4) is 0 Å². The Hall–Kier alpha value is -4.33. The lowest BCUT2D eigenvalue weighted by molar-refractivity contribution is 0.0951. The molecule has 0 bridgehead atoms. The molecule has 0 aliphatic carbocycles. The van der Waals surface area contributed by atoms with Gasteiger partial charge < -0.3 is 24.5 Å². The minimum Gasteiger partial charge on any atom is -0.454 e. The molecule has 2 N–H and O–H groups in total. The van der Waals surface area contributed by atoms with Crippen LogP contribution in [0.1, 0.15) is 32.1 Å². The van der Waals surface area contributed by atoms with Gasteiger partial charge in [0.15, 0.2) is 11.5 Å². The van der Waals surface area contributed by atoms with Crippen LogP contribution in [-0.4, -0.2) is 28.0 Å². The van der Waals surface area contributed by atoms with Crippen LogP contribution in [0, 0.1) is 6.92 Å². The average Bonchev–Trinajstić information content (AvgIpc) is 3.45. The van der Waals surface area contributed by atoms with Crippen molar-refractivity contribution in [2.24, 2.45) is 0 Å². The van der Waals surface area contributed by atoms with Crippen LogP contribution < -0.4 is 20.1 Å². The van der Waals surface area contributed by atoms with Crippen molar-refractivity contribution >= 4 is 23.1 Å². The summed E-state index contributed by atoms with van der Waals surface area (Å²) in [6, 6.07) is 18.0. The number of nitrogens with zero attached hydrogens (tertiary/aromatic N) is 2. The van der Waals surface area contributed by atoms with Crippen molar-refractivity contribution in [1.29, 1.82) is 0 Å². The maximum atomic E-state index is 12.8. The number of fused-ring (bicyclic) bond motifs is 2. The van der Waals surface area contributed by atoms with E-state index in [2.05, 4.69) is 15.6 Å². The highest BCUT2D eigenvalue weighted by molar-refractivity contribution is 6.08. The highest BCUT2D eigenvalue weighted by Crippen LogP contribution is 2.32. The van der Waals surface area contributed by atoms with Crippen LogP contribution in [-0.2, 0) is 6.54 Å². The fourth-order valence-electron chi connectivity index (χ4n) is 3.56. The van der Waals surface area contributed by atoms with E-state index in [1.807, 2.05) is 47.7 Å². The first-order valence-corrected chi connectivity index (χ1v) is 10.1. The van der Waals surface area contributed by atoms with Gasteiger partial charge in [-0.25, -0.2) is 4.98 Å². The summed E-state index contributed by atoms with van der Waals surface area (Å²) in [6.45, 7) is 2.45. The Bertz CT molecular complexity index is 1350. The quantitative estimate of drug-likeness (QED) is 0.507. The summed E-state index contributed by atoms with van der Waals surface area (Å²) in [7, 11) is 0. The Kier molecular flexibility index (Phi) is 4.95. The van der Waals surface area contributed by atoms with E-state index in [0.29, 0.717) is 34.9 Å². The number of para-hydroxylation sites is 1. The second-order valence-corrected chi connectivity index (χ2v) is 7.39. The number of benzene rings is 2. The van der Waals surface area contributed by atoms with Gasteiger partial charge >= 0.3 is 0 Å². The van der Waals surface area contributed by atoms with E-state index in [4.69, 9.17) is 9.47 Å². The number of pyridine rings is 1. The van der Waals surface area contributed by atoms with Gasteiger partial charge in [0.05, 0.1) is 11.3 Å². The third-order valence-corrected chi connectivity index (χ3v) is 5.24. The number of ether oxygens (including phenoxy) is 2. The molecular formula is C24H20N4O4. The van der Waals surface area contributed by atoms with E-state index in [0.717, 1.165) is 11.3 Å². The molecule has 2 aromatic heterocycles. The third kappa shape index (κ3) is 3.74. The fraction of sp³-hybridized carbons (Fsp3) is 0.125. The van der Waals surface area contributed by atoms with E-state index in [9.17, 15) is 9.59 Å². The zero-order valence-electron chi connectivity index (χ0n) is 17.3. The Labute approximate surface area is 183 Å². The number of amides is 2. The van der Waals surface area contributed by atoms with E-state index in [1.165, 1.54) is 0 Å². The first-order chi connectivity index (χ1) is 15.6. The van der Waals surface area contributed by atoms with Crippen molar-refractivity contribution < 1.29 is 19.1 Å². The zero-order valence-corrected chi connectivity index (χ0v) is 17.3. The normalized spacial score (nSPS) is 12.0. The van der Waals surface area contributed by atoms with Gasteiger partial charge in [-0.15, -0.1) is 0 Å². The topological polar surface area (TPSA) is 94.0 Å². The van der Waals surface area contributed by atoms with Gasteiger partial charge in [0.25, 0.3) is 11.8 Å². The first kappa shape index (κ1) is 19.6. The number of aromatic nitrogens is 2. The molecule has 0 saturated carbocycles. The molecule has 8 heteroatoms. The maximum Gasteiger partial charge on any atom is 0.275 e. The minimum absolute atomic E-state index is 0.199. The van der Waals surface area contributed by atoms with E-state index < -0.39 is 0 Å². The van der Waals surface area contributed by atoms with Crippen LogP contribution in [0.25, 0.3) is 5.65 Å². The molecule has 8 nitrogen and oxygen atoms in total. The van der Waals surface area contributed by atoms with Crippen LogP contribution in [0.2, 0.25) is 0 Å². The van der Waals surface area contributed by atoms with Crippen molar-refractivity contribution in [2.75, 3.05) is 12.1 Å². The predicted octanol–water partition coefficient (Wildman–Crippen LogP) is 3.55. The number of imidazole rings is 1. The second-order valence-electron chi connectivity index (χ2n) is 7.39. The Morgan fingerprint density at radius 3 is 2.72 bits per heavy atom. The van der Waals surface area contributed by atoms with Gasteiger partial charge in [-0.2, -0.15) is 0 Å². The van der Waals surface area contributed by atoms with Gasteiger partial charge in [-0.1, -0.05) is 24.3 Å². The maximum absolute atomic E-state index is 12.8. The summed E-state index contributed by atoms with van der Waals surface area (Å²) in [5, 5.41) is 5.69. The third-order valence-electron chi connectivity index (χ3n) is 5.24. The highest BCUT2D eigenvalue weighted by atomic mass is 16.7. The number of hydrogen-bond donors (Lipinski definition) is 2. The number of anilines is 1. The van der Waals surface area contributed by atoms with Gasteiger partial charge in [-0.05, 0) is 48.9 Å². The monoisotopic (exact) mass is 428 g/mol. The minimum atomic E-state index is -0.385. The Morgan fingerprint density at radius 2 is 1.84 bits per heavy atom. The number of rotatable bonds is 5. The summed E-state index contributed by atoms with van der Waals surface area (Å²) in [4.78, 5) is 30.0. The number of carbonyl (C=O) groups is 2. The number of hydrogen-bond acceptors (Lipinski definition) is 5. The fourth-order valence-corrected chi connectivity index (χ4v) is 3.56. The van der Waals surface area contributed by atoms with E-state index in [-0.39, 0.29) is 24.3 Å². The van der Waals surface area contributed by atoms with Gasteiger partial charge in [-0.3, -0.25) is 9.59 Å². The van der Waals surface area contributed by atoms with Crippen molar-refractivity contribution in [1.82, 2.24) is 14.7 Å². The standard InChI is InChI=1S/C24H20N4O4/c1-15-5-4-8-22-26-19(13-28(15)22)24(30)27-18-7-3-2-6-17(18)23(29)25-12-16-9-10-20-21(11-16)32-14-31-20/h2-11,13H,12,14H2,1H3,(H,25,29)(H,27,30). The molecule has 1 aliphatic heterocycles. The molecule has 1 aliphatic rings. The smallest absolute Gasteiger partial charge is 0.275 e. The average molecular weight is 428 g/mol. The van der Waals surface area contributed by atoms with E-state index in [1.54, 1.807) is 30.5 Å². The number of carbonyl (C=O) groups excluding carboxylic acids is 2. The summed E-state index contributed by atoms with van der Waals surface area (Å²) in [5.74, 6) is 0.663. The molecule has 0 unspecified atom stereocenters. The van der Waals surface area contributed by atoms with Crippen molar-refractivity contribution in [2.45, 2.75) is 13.5 Å². The summed E-state index contributed by atoms with van der Waals surface area (Å²) < 4.78 is 12.5. The van der Waals surface area contributed by atoms with Crippen LogP contribution in [0.15, 0.2) is 66.9 Å². The van der Waals surface area contributed by atoms with Crippen LogP contribution >= 0.6 is 0 Å². The van der Waals surface area contributed by atoms with Crippen LogP contribution in [0.4, 0.5) is 5.69 Å². The lowest BCUT2D eigenvalue weighted by Gasteiger charge is -2.11. The first-order valence-electron chi connectivity index (χ1n) is 10.1. The molecular weight excluding hydrogens is 408 g/mol. The number of nitrogens with one attached hydrogen (secondary N) is 2.